The van der Waals surface area contributed by atoms with Crippen LogP contribution in [0.5, 0.6) is 5.75 Å². The first kappa shape index (κ1) is 21.8. The van der Waals surface area contributed by atoms with Gasteiger partial charge in [-0.25, -0.2) is 13.1 Å². The summed E-state index contributed by atoms with van der Waals surface area (Å²) in [5.41, 5.74) is 4.39. The van der Waals surface area contributed by atoms with Gasteiger partial charge in [-0.1, -0.05) is 54.6 Å². The average Bonchev–Trinajstić information content (AvgIpc) is 2.94. The molecule has 0 aromatic heterocycles. The van der Waals surface area contributed by atoms with Crippen LogP contribution in [0.2, 0.25) is 0 Å². The maximum Gasteiger partial charge on any atom is 0.307 e. The van der Waals surface area contributed by atoms with Crippen molar-refractivity contribution in [2.75, 3.05) is 6.54 Å². The van der Waals surface area contributed by atoms with Crippen molar-refractivity contribution in [1.82, 2.24) is 4.72 Å². The van der Waals surface area contributed by atoms with Crippen LogP contribution in [0.3, 0.4) is 0 Å². The fourth-order valence-corrected chi connectivity index (χ4v) is 4.79. The van der Waals surface area contributed by atoms with Crippen molar-refractivity contribution < 1.29 is 23.1 Å². The van der Waals surface area contributed by atoms with Crippen LogP contribution < -0.4 is 9.46 Å². The van der Waals surface area contributed by atoms with E-state index in [4.69, 9.17) is 4.74 Å². The fourth-order valence-electron chi connectivity index (χ4n) is 3.72. The Morgan fingerprint density at radius 3 is 2.53 bits per heavy atom. The maximum absolute atomic E-state index is 12.5. The molecule has 1 heterocycles. The molecule has 164 valence electrons. The summed E-state index contributed by atoms with van der Waals surface area (Å²) >= 11 is 0. The van der Waals surface area contributed by atoms with E-state index in [0.717, 1.165) is 22.3 Å². The monoisotopic (exact) mass is 449 g/mol. The highest BCUT2D eigenvalue weighted by atomic mass is 32.2. The van der Waals surface area contributed by atoms with Gasteiger partial charge in [-0.2, -0.15) is 0 Å². The topological polar surface area (TPSA) is 92.7 Å². The molecule has 0 atom stereocenters. The number of benzene rings is 3. The van der Waals surface area contributed by atoms with Crippen molar-refractivity contribution in [2.45, 2.75) is 24.3 Å². The van der Waals surface area contributed by atoms with Gasteiger partial charge in [0.15, 0.2) is 0 Å². The molecule has 3 aromatic rings. The summed E-state index contributed by atoms with van der Waals surface area (Å²) in [5.74, 6) is -0.229. The highest BCUT2D eigenvalue weighted by Gasteiger charge is 2.20. The van der Waals surface area contributed by atoms with Gasteiger partial charge in [-0.15, -0.1) is 0 Å². The Hall–Kier alpha value is -3.42. The maximum atomic E-state index is 12.5. The molecule has 0 saturated carbocycles. The third kappa shape index (κ3) is 4.90. The highest BCUT2D eigenvalue weighted by Crippen LogP contribution is 2.37. The zero-order chi connectivity index (χ0) is 22.6. The minimum Gasteiger partial charge on any atom is -0.488 e. The molecule has 1 aliphatic rings. The second kappa shape index (κ2) is 9.38. The van der Waals surface area contributed by atoms with Crippen LogP contribution in [0.25, 0.3) is 5.57 Å². The van der Waals surface area contributed by atoms with E-state index < -0.39 is 16.0 Å². The second-order valence-electron chi connectivity index (χ2n) is 7.46. The first-order valence-corrected chi connectivity index (χ1v) is 11.7. The molecule has 32 heavy (non-hydrogen) atoms. The number of carbonyl (C=O) groups is 1. The van der Waals surface area contributed by atoms with Crippen LogP contribution in [-0.2, 0) is 27.8 Å². The number of fused-ring (bicyclic) bond motifs is 2. The number of nitrogens with one attached hydrogen (secondary N) is 1. The Morgan fingerprint density at radius 2 is 1.75 bits per heavy atom. The summed E-state index contributed by atoms with van der Waals surface area (Å²) in [4.78, 5) is 11.4. The van der Waals surface area contributed by atoms with E-state index in [2.05, 4.69) is 4.72 Å². The molecule has 0 fully saturated rings. The van der Waals surface area contributed by atoms with Gasteiger partial charge in [0, 0.05) is 12.1 Å². The van der Waals surface area contributed by atoms with Gasteiger partial charge in [-0.3, -0.25) is 4.79 Å². The summed E-state index contributed by atoms with van der Waals surface area (Å²) in [7, 11) is -3.58. The highest BCUT2D eigenvalue weighted by molar-refractivity contribution is 7.89. The van der Waals surface area contributed by atoms with Crippen LogP contribution in [0.4, 0.5) is 0 Å². The fraction of sp³-hybridized carbons (Fsp3) is 0.160. The van der Waals surface area contributed by atoms with Crippen LogP contribution in [0, 0.1) is 0 Å². The number of ether oxygens (including phenoxy) is 1. The minimum atomic E-state index is -3.58. The number of sulfonamides is 1. The molecule has 7 heteroatoms. The van der Waals surface area contributed by atoms with E-state index in [9.17, 15) is 18.3 Å². The molecule has 0 bridgehead atoms. The largest absolute Gasteiger partial charge is 0.488 e. The first-order chi connectivity index (χ1) is 15.4. The normalized spacial score (nSPS) is 14.2. The summed E-state index contributed by atoms with van der Waals surface area (Å²) in [6.45, 7) is 0.632. The van der Waals surface area contributed by atoms with Crippen molar-refractivity contribution in [3.8, 4) is 5.75 Å². The van der Waals surface area contributed by atoms with Gasteiger partial charge < -0.3 is 9.84 Å². The Bertz CT molecular complexity index is 1270. The molecule has 2 N–H and O–H groups in total. The van der Waals surface area contributed by atoms with Crippen molar-refractivity contribution in [3.05, 3.63) is 101 Å². The van der Waals surface area contributed by atoms with Crippen molar-refractivity contribution in [2.24, 2.45) is 0 Å². The Kier molecular flexibility index (Phi) is 6.39. The number of hydrogen-bond donors (Lipinski definition) is 2. The first-order valence-electron chi connectivity index (χ1n) is 10.2. The predicted octanol–water partition coefficient (Wildman–Crippen LogP) is 4.01. The molecule has 0 aliphatic carbocycles. The van der Waals surface area contributed by atoms with E-state index in [1.807, 2.05) is 36.4 Å². The lowest BCUT2D eigenvalue weighted by molar-refractivity contribution is -0.136. The van der Waals surface area contributed by atoms with Gasteiger partial charge in [-0.05, 0) is 52.9 Å². The lowest BCUT2D eigenvalue weighted by Crippen LogP contribution is -2.24. The Morgan fingerprint density at radius 1 is 1.00 bits per heavy atom. The third-order valence-corrected chi connectivity index (χ3v) is 6.70. The lowest BCUT2D eigenvalue weighted by Gasteiger charge is -2.12. The van der Waals surface area contributed by atoms with E-state index in [1.54, 1.807) is 42.5 Å². The zero-order valence-corrected chi connectivity index (χ0v) is 18.1. The number of carboxylic acid groups (broad SMARTS) is 1. The number of rotatable bonds is 7. The summed E-state index contributed by atoms with van der Waals surface area (Å²) in [5, 5.41) is 9.18. The predicted molar refractivity (Wildman–Crippen MR) is 122 cm³/mol. The molecule has 0 spiro atoms. The Labute approximate surface area is 187 Å². The minimum absolute atomic E-state index is 0.0842. The van der Waals surface area contributed by atoms with Gasteiger partial charge >= 0.3 is 5.97 Å². The average molecular weight is 450 g/mol. The number of carboxylic acids is 1. The van der Waals surface area contributed by atoms with Gasteiger partial charge in [0.05, 0.1) is 11.3 Å². The SMILES string of the molecule is O=C(O)Cc1ccc2c(c1)C(=CCCNS(=O)(=O)c1ccccc1)c1ccccc1CO2. The summed E-state index contributed by atoms with van der Waals surface area (Å²) in [6, 6.07) is 21.5. The quantitative estimate of drug-likeness (QED) is 0.532. The molecule has 0 radical (unpaired) electrons. The van der Waals surface area contributed by atoms with Crippen molar-refractivity contribution in [3.63, 3.8) is 0 Å². The van der Waals surface area contributed by atoms with E-state index in [1.165, 1.54) is 0 Å². The lowest BCUT2D eigenvalue weighted by atomic mass is 9.92. The molecule has 0 amide bonds. The van der Waals surface area contributed by atoms with E-state index in [0.29, 0.717) is 24.3 Å². The number of aliphatic carboxylic acids is 1. The third-order valence-electron chi connectivity index (χ3n) is 5.22. The molecule has 0 saturated heterocycles. The molecular formula is C25H23NO5S. The number of hydrogen-bond acceptors (Lipinski definition) is 4. The second-order valence-corrected chi connectivity index (χ2v) is 9.23. The van der Waals surface area contributed by atoms with Crippen LogP contribution in [0.1, 0.15) is 28.7 Å². The molecule has 4 rings (SSSR count). The van der Waals surface area contributed by atoms with Crippen LogP contribution >= 0.6 is 0 Å². The molecule has 0 unspecified atom stereocenters. The van der Waals surface area contributed by atoms with E-state index >= 15 is 0 Å². The van der Waals surface area contributed by atoms with Crippen molar-refractivity contribution in [1.29, 1.82) is 0 Å². The molecule has 6 nitrogen and oxygen atoms in total. The summed E-state index contributed by atoms with van der Waals surface area (Å²) in [6.07, 6.45) is 2.35. The van der Waals surface area contributed by atoms with Crippen molar-refractivity contribution >= 4 is 21.6 Å². The molecular weight excluding hydrogens is 426 g/mol. The van der Waals surface area contributed by atoms with Gasteiger partial charge in [0.1, 0.15) is 12.4 Å². The van der Waals surface area contributed by atoms with E-state index in [-0.39, 0.29) is 17.9 Å². The zero-order valence-electron chi connectivity index (χ0n) is 17.3. The standard InChI is InChI=1S/C25H23NO5S/c27-25(28)16-18-12-13-24-23(15-18)22(21-10-5-4-7-19(21)17-31-24)11-6-14-26-32(29,30)20-8-2-1-3-9-20/h1-5,7-13,15,26H,6,14,16-17H2,(H,27,28). The van der Waals surface area contributed by atoms with Crippen LogP contribution in [0.15, 0.2) is 83.8 Å². The molecule has 1 aliphatic heterocycles. The smallest absolute Gasteiger partial charge is 0.307 e. The van der Waals surface area contributed by atoms with Crippen LogP contribution in [-0.4, -0.2) is 26.0 Å². The Balaban J connectivity index is 1.63. The molecule has 3 aromatic carbocycles. The van der Waals surface area contributed by atoms with Gasteiger partial charge in [0.2, 0.25) is 10.0 Å². The summed E-state index contributed by atoms with van der Waals surface area (Å²) < 4.78 is 33.6. The van der Waals surface area contributed by atoms with Gasteiger partial charge in [0.25, 0.3) is 0 Å².